The number of rotatable bonds is 1. The Hall–Kier alpha value is 1.12. The Bertz CT molecular complexity index is 24.8. The Balaban J connectivity index is 0. The zero-order chi connectivity index (χ0) is 4.28. The first kappa shape index (κ1) is 10.2. The summed E-state index contributed by atoms with van der Waals surface area (Å²) in [5.74, 6) is 0. The van der Waals surface area contributed by atoms with Crippen LogP contribution in [0.15, 0.2) is 0 Å². The fourth-order valence-electron chi connectivity index (χ4n) is 0. The van der Waals surface area contributed by atoms with Crippen molar-refractivity contribution in [2.45, 2.75) is 20.0 Å². The molecule has 0 aromatic rings. The summed E-state index contributed by atoms with van der Waals surface area (Å²) in [5.41, 5.74) is 0. The molecule has 0 N–H and O–H groups in total. The van der Waals surface area contributed by atoms with Gasteiger partial charge in [0.05, 0.1) is 0 Å². The zero-order valence-corrected chi connectivity index (χ0v) is 10.9. The Morgan fingerprint density at radius 3 is 1.67 bits per heavy atom. The fourth-order valence-corrected chi connectivity index (χ4v) is 0. The second-order valence-corrected chi connectivity index (χ2v) is 2.63. The maximum atomic E-state index is 4.96. The molecular weight excluding hydrogens is 198 g/mol. The predicted octanol–water partition coefficient (Wildman–Crippen LogP) is 0.381. The van der Waals surface area contributed by atoms with Crippen LogP contribution in [0.4, 0.5) is 0 Å². The van der Waals surface area contributed by atoms with E-state index >= 15 is 0 Å². The first-order valence-electron chi connectivity index (χ1n) is 1.80. The van der Waals surface area contributed by atoms with Crippen molar-refractivity contribution in [1.29, 1.82) is 0 Å². The van der Waals surface area contributed by atoms with Gasteiger partial charge in [0, 0.05) is 0 Å². The molecule has 0 rings (SSSR count). The van der Waals surface area contributed by atoms with Gasteiger partial charge >= 0.3 is 47.6 Å². The van der Waals surface area contributed by atoms with Gasteiger partial charge in [-0.3, -0.25) is 0 Å². The third-order valence-corrected chi connectivity index (χ3v) is 3.16. The first-order valence-corrected chi connectivity index (χ1v) is 4.13. The summed E-state index contributed by atoms with van der Waals surface area (Å²) in [6.07, 6.45) is 0.478. The van der Waals surface area contributed by atoms with Gasteiger partial charge in [-0.2, -0.15) is 0 Å². The fraction of sp³-hybridized carbons (Fsp3) is 1.00. The molecule has 0 aliphatic heterocycles. The van der Waals surface area contributed by atoms with Crippen molar-refractivity contribution in [3.05, 3.63) is 0 Å². The van der Waals surface area contributed by atoms with E-state index < -0.39 is 0 Å². The van der Waals surface area contributed by atoms with Crippen LogP contribution in [-0.2, 0) is 2.85 Å². The molecule has 0 aromatic carbocycles. The maximum Gasteiger partial charge on any atom is -0.147 e. The van der Waals surface area contributed by atoms with Gasteiger partial charge < -0.3 is 0 Å². The molecule has 1 nitrogen and oxygen atoms in total. The molecule has 0 radical (unpaired) electrons. The second kappa shape index (κ2) is 6.12. The Morgan fingerprint density at radius 2 is 1.67 bits per heavy atom. The van der Waals surface area contributed by atoms with Gasteiger partial charge in [-0.1, -0.05) is 0 Å². The van der Waals surface area contributed by atoms with E-state index in [-0.39, 0.29) is 12.4 Å². The summed E-state index contributed by atoms with van der Waals surface area (Å²) in [6.45, 7) is 4.11. The van der Waals surface area contributed by atoms with Crippen LogP contribution in [0, 0.1) is 0 Å². The summed E-state index contributed by atoms with van der Waals surface area (Å²) in [6, 6.07) is 0. The topological polar surface area (TPSA) is 9.23 Å². The zero-order valence-electron chi connectivity index (χ0n) is 4.39. The monoisotopic (exact) mass is 208 g/mol. The van der Waals surface area contributed by atoms with E-state index in [2.05, 4.69) is 13.8 Å². The molecule has 0 aliphatic rings. The normalized spacial score (nSPS) is 7.83. The molecule has 0 heterocycles. The molecule has 0 aliphatic carbocycles. The van der Waals surface area contributed by atoms with Crippen LogP contribution in [-0.4, -0.2) is 30.9 Å². The first-order chi connectivity index (χ1) is 2.27. The predicted molar refractivity (Wildman–Crippen MR) is 32.0 cm³/mol. The quantitative estimate of drug-likeness (QED) is 0.605. The van der Waals surface area contributed by atoms with Crippen molar-refractivity contribution in [2.24, 2.45) is 0 Å². The number of halogens is 1. The molecule has 0 amide bonds. The van der Waals surface area contributed by atoms with Crippen LogP contribution in [0.1, 0.15) is 13.8 Å². The van der Waals surface area contributed by atoms with E-state index in [1.54, 1.807) is 0 Å². The van der Waals surface area contributed by atoms with Crippen LogP contribution in [0.5, 0.6) is 0 Å². The molecule has 6 heavy (non-hydrogen) atoms. The standard InChI is InChI=1S/C3H7O.ClH.In.2H/c1-3(2)4;;;;/h3H,1-2H3;1H;;;/q-1;;+1;;/i;;1-4;;. The second-order valence-electron chi connectivity index (χ2n) is 1.28. The van der Waals surface area contributed by atoms with Crippen LogP contribution in [0.25, 0.3) is 0 Å². The van der Waals surface area contributed by atoms with Crippen LogP contribution >= 0.6 is 12.4 Å². The third kappa shape index (κ3) is 8.93. The van der Waals surface area contributed by atoms with Gasteiger partial charge in [0.15, 0.2) is 0 Å². The largest absolute Gasteiger partial charge is 0.147 e. The van der Waals surface area contributed by atoms with Crippen molar-refractivity contribution in [3.63, 3.8) is 0 Å². The molecular formula is C3H10ClInO. The van der Waals surface area contributed by atoms with Gasteiger partial charge in [0.2, 0.25) is 0 Å². The van der Waals surface area contributed by atoms with Gasteiger partial charge in [-0.05, 0) is 0 Å². The van der Waals surface area contributed by atoms with Crippen molar-refractivity contribution in [1.82, 2.24) is 0 Å². The van der Waals surface area contributed by atoms with Crippen molar-refractivity contribution in [2.75, 3.05) is 0 Å². The van der Waals surface area contributed by atoms with E-state index in [0.717, 1.165) is 0 Å². The minimum Gasteiger partial charge on any atom is -0.147 e. The molecule has 0 unspecified atom stereocenters. The van der Waals surface area contributed by atoms with Gasteiger partial charge in [-0.25, -0.2) is 0 Å². The molecule has 0 saturated heterocycles. The van der Waals surface area contributed by atoms with E-state index in [1.807, 2.05) is 0 Å². The number of hydrogen-bond donors (Lipinski definition) is 0. The van der Waals surface area contributed by atoms with E-state index in [1.165, 1.54) is 0 Å². The minimum atomic E-state index is 0. The third-order valence-electron chi connectivity index (χ3n) is 0.471. The van der Waals surface area contributed by atoms with Crippen molar-refractivity contribution in [3.8, 4) is 0 Å². The van der Waals surface area contributed by atoms with Crippen molar-refractivity contribution < 1.29 is 2.85 Å². The molecule has 0 bridgehead atoms. The van der Waals surface area contributed by atoms with E-state index in [4.69, 9.17) is 2.85 Å². The average molecular weight is 208 g/mol. The van der Waals surface area contributed by atoms with Gasteiger partial charge in [0.1, 0.15) is 0 Å². The van der Waals surface area contributed by atoms with Crippen LogP contribution in [0.3, 0.4) is 0 Å². The van der Waals surface area contributed by atoms with Crippen LogP contribution in [0.2, 0.25) is 0 Å². The molecule has 0 fully saturated rings. The molecule has 0 atom stereocenters. The maximum absolute atomic E-state index is 4.96. The molecule has 0 spiro atoms. The Kier molecular flexibility index (Phi) is 10.4. The summed E-state index contributed by atoms with van der Waals surface area (Å²) < 4.78 is 4.96. The summed E-state index contributed by atoms with van der Waals surface area (Å²) >= 11 is 0.451. The minimum absolute atomic E-state index is 0. The Labute approximate surface area is 60.0 Å². The van der Waals surface area contributed by atoms with Crippen LogP contribution < -0.4 is 0 Å². The van der Waals surface area contributed by atoms with Gasteiger partial charge in [0.25, 0.3) is 0 Å². The Morgan fingerprint density at radius 1 is 1.50 bits per heavy atom. The molecule has 0 saturated carbocycles. The summed E-state index contributed by atoms with van der Waals surface area (Å²) in [4.78, 5) is 0. The molecule has 3 heteroatoms. The SMILES string of the molecule is CC(C)[O][111InH2].Cl. The van der Waals surface area contributed by atoms with Gasteiger partial charge in [-0.15, -0.1) is 12.4 Å². The van der Waals surface area contributed by atoms with E-state index in [9.17, 15) is 0 Å². The van der Waals surface area contributed by atoms with Crippen molar-refractivity contribution >= 4 is 37.2 Å². The number of hydrogen-bond acceptors (Lipinski definition) is 1. The smallest absolute Gasteiger partial charge is 0.147 e. The average Bonchev–Trinajstić information content (AvgIpc) is 1.38. The summed E-state index contributed by atoms with van der Waals surface area (Å²) in [5, 5.41) is 0. The molecule has 0 aromatic heterocycles. The molecule has 38 valence electrons. The van der Waals surface area contributed by atoms with E-state index in [0.29, 0.717) is 30.9 Å². The summed E-state index contributed by atoms with van der Waals surface area (Å²) in [7, 11) is 0.